The van der Waals surface area contributed by atoms with Crippen molar-refractivity contribution in [3.63, 3.8) is 0 Å². The van der Waals surface area contributed by atoms with E-state index in [2.05, 4.69) is 128 Å². The molecule has 0 saturated carbocycles. The Hall–Kier alpha value is -9.68. The van der Waals surface area contributed by atoms with E-state index in [4.69, 9.17) is 9.97 Å². The van der Waals surface area contributed by atoms with Gasteiger partial charge >= 0.3 is 0 Å². The molecule has 12 heteroatoms. The Morgan fingerprint density at radius 1 is 0.316 bits per heavy atom. The Bertz CT molecular complexity index is 3330. The third kappa shape index (κ3) is 12.0. The van der Waals surface area contributed by atoms with Gasteiger partial charge in [0.15, 0.2) is 23.1 Å². The third-order valence-corrected chi connectivity index (χ3v) is 12.5. The van der Waals surface area contributed by atoms with Crippen LogP contribution in [-0.2, 0) is 19.2 Å². The second-order valence-corrected chi connectivity index (χ2v) is 19.1. The van der Waals surface area contributed by atoms with Crippen molar-refractivity contribution in [1.82, 2.24) is 19.9 Å². The van der Waals surface area contributed by atoms with Gasteiger partial charge in [-0.05, 0) is 199 Å². The zero-order valence-corrected chi connectivity index (χ0v) is 43.7. The largest absolute Gasteiger partial charge is 0.359 e. The Labute approximate surface area is 441 Å². The number of fused-ring (bicyclic) bond motifs is 8. The number of carbonyl (C=O) groups excluding carboxylic acids is 4. The van der Waals surface area contributed by atoms with Crippen molar-refractivity contribution in [2.45, 2.75) is 55.4 Å². The second kappa shape index (κ2) is 22.2. The summed E-state index contributed by atoms with van der Waals surface area (Å²) in [5.41, 5.74) is 19.7. The highest BCUT2D eigenvalue weighted by Gasteiger charge is 2.20. The number of aromatic nitrogens is 4. The van der Waals surface area contributed by atoms with E-state index in [-0.39, 0.29) is 23.1 Å². The third-order valence-electron chi connectivity index (χ3n) is 12.5. The fourth-order valence-corrected chi connectivity index (χ4v) is 9.58. The first kappa shape index (κ1) is 51.2. The van der Waals surface area contributed by atoms with Crippen LogP contribution in [-0.4, -0.2) is 43.1 Å². The normalized spacial score (nSPS) is 12.6. The predicted molar refractivity (Wildman–Crippen MR) is 313 cm³/mol. The molecule has 0 unspecified atom stereocenters. The summed E-state index contributed by atoms with van der Waals surface area (Å²) >= 11 is 0. The van der Waals surface area contributed by atoms with Crippen molar-refractivity contribution in [2.24, 2.45) is 0 Å². The molecule has 7 aromatic rings. The van der Waals surface area contributed by atoms with Gasteiger partial charge in [-0.3, -0.25) is 19.2 Å². The zero-order valence-electron chi connectivity index (χ0n) is 43.7. The van der Waals surface area contributed by atoms with E-state index < -0.39 is 0 Å². The Balaban J connectivity index is 1.33. The van der Waals surface area contributed by atoms with Crippen LogP contribution >= 0.6 is 0 Å². The van der Waals surface area contributed by atoms with Gasteiger partial charge in [0.25, 0.3) is 0 Å². The van der Waals surface area contributed by atoms with Gasteiger partial charge in [0.05, 0.1) is 22.8 Å². The van der Waals surface area contributed by atoms with Crippen LogP contribution in [0.4, 0.5) is 22.7 Å². The van der Waals surface area contributed by atoms with Crippen molar-refractivity contribution in [3.8, 4) is 44.5 Å². The quantitative estimate of drug-likeness (QED) is 0.0511. The molecule has 0 fully saturated rings. The number of H-pyrrole nitrogens is 2. The first-order valence-electron chi connectivity index (χ1n) is 24.9. The SMILES string of the molecule is CC(=O)/C=C(/C)Nc1ccc(-c2c3nc(c(-c4ccc(N/C(C)=C\C(C)=O)cc4)c4ccc([nH]4)c(-c4ccc(N/C(C)=C\C(C)=O)cc4)c4nc(c(-c5ccc(N/C(C)=C\C(C)=O)cc5)c5ccc2[nH]5)C=C4)C=C3)cc1. The van der Waals surface area contributed by atoms with Crippen LogP contribution in [0.25, 0.3) is 90.9 Å². The number of aromatic amines is 2. The van der Waals surface area contributed by atoms with Gasteiger partial charge in [0.1, 0.15) is 0 Å². The van der Waals surface area contributed by atoms with Crippen LogP contribution < -0.4 is 21.3 Å². The molecule has 2 aliphatic rings. The maximum Gasteiger partial charge on any atom is 0.154 e. The average Bonchev–Trinajstić information content (AvgIpc) is 4.22. The number of hydrogen-bond donors (Lipinski definition) is 6. The van der Waals surface area contributed by atoms with Crippen molar-refractivity contribution in [2.75, 3.05) is 21.3 Å². The molecule has 0 spiro atoms. The van der Waals surface area contributed by atoms with E-state index in [0.29, 0.717) is 0 Å². The molecule has 0 atom stereocenters. The lowest BCUT2D eigenvalue weighted by Crippen LogP contribution is -1.98. The van der Waals surface area contributed by atoms with Crippen molar-refractivity contribution >= 4 is 92.3 Å². The molecule has 0 radical (unpaired) electrons. The maximum atomic E-state index is 11.9. The summed E-state index contributed by atoms with van der Waals surface area (Å²) in [6.45, 7) is 13.6. The van der Waals surface area contributed by atoms with Gasteiger partial charge in [0.2, 0.25) is 0 Å². The van der Waals surface area contributed by atoms with Gasteiger partial charge in [-0.1, -0.05) is 48.5 Å². The van der Waals surface area contributed by atoms with Crippen molar-refractivity contribution < 1.29 is 19.2 Å². The molecule has 2 aliphatic heterocycles. The lowest BCUT2D eigenvalue weighted by atomic mass is 10.0. The number of anilines is 4. The summed E-state index contributed by atoms with van der Waals surface area (Å²) in [4.78, 5) is 66.1. The highest BCUT2D eigenvalue weighted by molar-refractivity contribution is 6.00. The first-order valence-corrected chi connectivity index (χ1v) is 24.9. The lowest BCUT2D eigenvalue weighted by Gasteiger charge is -2.10. The number of allylic oxidation sites excluding steroid dienone is 8. The molecule has 6 N–H and O–H groups in total. The van der Waals surface area contributed by atoms with Crippen LogP contribution in [0, 0.1) is 0 Å². The maximum absolute atomic E-state index is 11.9. The number of carbonyl (C=O) groups is 4. The first-order chi connectivity index (χ1) is 36.5. The smallest absolute Gasteiger partial charge is 0.154 e. The van der Waals surface area contributed by atoms with Gasteiger partial charge in [-0.25, -0.2) is 9.97 Å². The summed E-state index contributed by atoms with van der Waals surface area (Å²) in [7, 11) is 0. The minimum absolute atomic E-state index is 0.0394. The number of rotatable bonds is 16. The molecule has 5 heterocycles. The number of hydrogen-bond acceptors (Lipinski definition) is 10. The molecule has 4 aromatic carbocycles. The molecule has 8 bridgehead atoms. The minimum Gasteiger partial charge on any atom is -0.359 e. The summed E-state index contributed by atoms with van der Waals surface area (Å²) in [6, 6.07) is 40.7. The number of nitrogens with one attached hydrogen (secondary N) is 6. The number of nitrogens with zero attached hydrogens (tertiary/aromatic N) is 2. The molecule has 3 aromatic heterocycles. The monoisotopic (exact) mass is 1000 g/mol. The molecule has 0 saturated heterocycles. The van der Waals surface area contributed by atoms with E-state index in [1.165, 1.54) is 27.7 Å². The minimum atomic E-state index is -0.0394. The summed E-state index contributed by atoms with van der Waals surface area (Å²) < 4.78 is 0. The Morgan fingerprint density at radius 2 is 0.513 bits per heavy atom. The summed E-state index contributed by atoms with van der Waals surface area (Å²) in [5.74, 6) is -0.158. The topological polar surface area (TPSA) is 174 Å². The van der Waals surface area contributed by atoms with Crippen LogP contribution in [0.5, 0.6) is 0 Å². The molecule has 76 heavy (non-hydrogen) atoms. The van der Waals surface area contributed by atoms with Gasteiger partial charge in [-0.2, -0.15) is 0 Å². The highest BCUT2D eigenvalue weighted by atomic mass is 16.1. The van der Waals surface area contributed by atoms with E-state index in [9.17, 15) is 19.2 Å². The number of benzene rings is 4. The van der Waals surface area contributed by atoms with Crippen LogP contribution in [0.15, 0.2) is 168 Å². The van der Waals surface area contributed by atoms with E-state index >= 15 is 0 Å². The summed E-state index contributed by atoms with van der Waals surface area (Å²) in [5, 5.41) is 13.3. The summed E-state index contributed by atoms with van der Waals surface area (Å²) in [6.07, 6.45) is 14.5. The van der Waals surface area contributed by atoms with Crippen LogP contribution in [0.1, 0.15) is 78.2 Å². The molecule has 0 amide bonds. The predicted octanol–water partition coefficient (Wildman–Crippen LogP) is 14.9. The highest BCUT2D eigenvalue weighted by Crippen LogP contribution is 2.39. The van der Waals surface area contributed by atoms with Crippen LogP contribution in [0.3, 0.4) is 0 Å². The fraction of sp³-hybridized carbons (Fsp3) is 0.125. The van der Waals surface area contributed by atoms with Gasteiger partial charge in [0, 0.05) is 89.9 Å². The van der Waals surface area contributed by atoms with Crippen molar-refractivity contribution in [1.29, 1.82) is 0 Å². The molecular weight excluding hydrogens is 945 g/mol. The van der Waals surface area contributed by atoms with E-state index in [1.54, 1.807) is 24.3 Å². The molecule has 9 rings (SSSR count). The molecule has 0 aliphatic carbocycles. The van der Waals surface area contributed by atoms with E-state index in [0.717, 1.165) is 135 Å². The second-order valence-electron chi connectivity index (χ2n) is 19.1. The van der Waals surface area contributed by atoms with E-state index in [1.807, 2.05) is 76.2 Å². The molecular formula is C64H58N8O4. The molecule has 378 valence electrons. The number of ketones is 4. The Kier molecular flexibility index (Phi) is 15.0. The van der Waals surface area contributed by atoms with Crippen LogP contribution in [0.2, 0.25) is 0 Å². The Morgan fingerprint density at radius 3 is 0.697 bits per heavy atom. The fourth-order valence-electron chi connectivity index (χ4n) is 9.58. The molecule has 12 nitrogen and oxygen atoms in total. The standard InChI is InChI=1S/C64H58N8O4/c1-37(33-41(5)73)65-49-17-9-45(10-18-49)61-53-25-27-55(69-53)62(46-11-19-50(20-12-46)66-38(2)34-42(6)74)57-29-31-59(71-57)64(48-15-23-52(24-16-48)68-40(4)36-44(8)76)60-32-30-58(72-60)63(56-28-26-54(61)70-56)47-13-21-51(22-14-47)67-39(3)35-43(7)75/h9-36,65-69,72H,1-8H3/b37-33-,38-34-,39-35-,40-36-,61-53?,61-54?,62-55?,62-57?,63-56?,63-58?,64-59?,64-60?. The average molecular weight is 1000 g/mol. The zero-order chi connectivity index (χ0) is 53.6. The van der Waals surface area contributed by atoms with Crippen molar-refractivity contribution in [3.05, 3.63) is 191 Å². The van der Waals surface area contributed by atoms with Gasteiger partial charge < -0.3 is 31.2 Å². The van der Waals surface area contributed by atoms with Gasteiger partial charge in [-0.15, -0.1) is 0 Å². The lowest BCUT2D eigenvalue weighted by molar-refractivity contribution is -0.113.